The van der Waals surface area contributed by atoms with E-state index >= 15 is 0 Å². The Morgan fingerprint density at radius 1 is 1.27 bits per heavy atom. The third-order valence-electron chi connectivity index (χ3n) is 5.43. The summed E-state index contributed by atoms with van der Waals surface area (Å²) in [5.41, 5.74) is -1.93. The molecule has 0 aliphatic carbocycles. The van der Waals surface area contributed by atoms with Crippen molar-refractivity contribution in [2.75, 3.05) is 19.0 Å². The van der Waals surface area contributed by atoms with E-state index in [0.29, 0.717) is 0 Å². The van der Waals surface area contributed by atoms with Gasteiger partial charge in [-0.15, -0.1) is 0 Å². The quantitative estimate of drug-likeness (QED) is 0.131. The first-order chi connectivity index (χ1) is 18.3. The molecule has 13 nitrogen and oxygen atoms in total. The van der Waals surface area contributed by atoms with Crippen molar-refractivity contribution in [1.29, 1.82) is 0 Å². The van der Waals surface area contributed by atoms with E-state index in [1.807, 2.05) is 0 Å². The molecule has 0 spiro atoms. The van der Waals surface area contributed by atoms with Gasteiger partial charge in [0.05, 0.1) is 19.3 Å². The molecule has 1 aromatic heterocycles. The molecule has 0 saturated carbocycles. The van der Waals surface area contributed by atoms with Gasteiger partial charge in [0.15, 0.2) is 15.7 Å². The minimum absolute atomic E-state index is 0.101. The van der Waals surface area contributed by atoms with E-state index < -0.39 is 71.9 Å². The molecule has 40 heavy (non-hydrogen) atoms. The highest BCUT2D eigenvalue weighted by atomic mass is 35.5. The zero-order chi connectivity index (χ0) is 30.6. The van der Waals surface area contributed by atoms with E-state index in [9.17, 15) is 28.8 Å². The van der Waals surface area contributed by atoms with Crippen molar-refractivity contribution in [2.24, 2.45) is 5.41 Å². The Hall–Kier alpha value is -1.22. The van der Waals surface area contributed by atoms with Crippen LogP contribution in [0.15, 0.2) is 15.8 Å². The Labute approximate surface area is 246 Å². The highest BCUT2D eigenvalue weighted by molar-refractivity contribution is 8.13. The Balaban J connectivity index is 2.19. The maximum Gasteiger partial charge on any atom is 0.406 e. The largest absolute Gasteiger partial charge is 0.462 e. The number of carbonyl (C=O) groups is 2. The molecule has 2 rings (SSSR count). The molecule has 1 saturated heterocycles. The van der Waals surface area contributed by atoms with E-state index in [0.717, 1.165) is 16.3 Å². The number of rotatable bonds is 12. The van der Waals surface area contributed by atoms with Crippen LogP contribution in [0.25, 0.3) is 0 Å². The van der Waals surface area contributed by atoms with Gasteiger partial charge >= 0.3 is 19.4 Å². The number of aliphatic hydroxyl groups is 1. The highest BCUT2D eigenvalue weighted by Gasteiger charge is 2.56. The third kappa shape index (κ3) is 9.14. The first-order valence-corrected chi connectivity index (χ1v) is 15.6. The molecule has 17 heteroatoms. The topological polar surface area (TPSA) is 175 Å². The van der Waals surface area contributed by atoms with Gasteiger partial charge in [-0.1, -0.05) is 55.7 Å². The van der Waals surface area contributed by atoms with Gasteiger partial charge in [0, 0.05) is 22.9 Å². The fourth-order valence-corrected chi connectivity index (χ4v) is 6.26. The number of nitrogens with zero attached hydrogens (tertiary/aromatic N) is 1. The minimum Gasteiger partial charge on any atom is -0.462 e. The molecule has 1 aliphatic rings. The van der Waals surface area contributed by atoms with Crippen molar-refractivity contribution >= 4 is 53.8 Å². The van der Waals surface area contributed by atoms with Crippen LogP contribution < -0.4 is 16.3 Å². The lowest BCUT2D eigenvalue weighted by atomic mass is 10.00. The molecule has 1 aliphatic heterocycles. The number of hydrogen-bond acceptors (Lipinski definition) is 11. The molecule has 3 N–H and O–H groups in total. The van der Waals surface area contributed by atoms with Crippen LogP contribution in [0.4, 0.5) is 0 Å². The summed E-state index contributed by atoms with van der Waals surface area (Å²) in [7, 11) is -4.28. The number of carbonyl (C=O) groups excluding carboxylic acids is 2. The van der Waals surface area contributed by atoms with Crippen LogP contribution in [0.2, 0.25) is 0 Å². The van der Waals surface area contributed by atoms with E-state index in [1.165, 1.54) is 20.0 Å². The van der Waals surface area contributed by atoms with Gasteiger partial charge in [-0.3, -0.25) is 33.0 Å². The van der Waals surface area contributed by atoms with Crippen molar-refractivity contribution in [3.05, 3.63) is 32.6 Å². The second-order valence-electron chi connectivity index (χ2n) is 10.5. The van der Waals surface area contributed by atoms with Gasteiger partial charge in [-0.25, -0.2) is 14.4 Å². The Bertz CT molecular complexity index is 1230. The van der Waals surface area contributed by atoms with E-state index in [-0.39, 0.29) is 23.0 Å². The van der Waals surface area contributed by atoms with Crippen LogP contribution >= 0.6 is 42.7 Å². The molecule has 2 heterocycles. The monoisotopic (exact) mass is 647 g/mol. The molecule has 1 fully saturated rings. The van der Waals surface area contributed by atoms with Gasteiger partial charge in [0.25, 0.3) is 5.56 Å². The molecule has 0 amide bonds. The summed E-state index contributed by atoms with van der Waals surface area (Å²) >= 11 is 13.7. The van der Waals surface area contributed by atoms with Gasteiger partial charge in [0.1, 0.15) is 18.2 Å². The standard InChI is InChI=1S/C23H36Cl2N3O10PS/c1-12(2)37-18(31)14(4)27-39(34,35-8-9-40-20(32)22(5,6)7)36-11-15-16(29)23(24,25)19(38-15)28-10-13(3)17(30)26-21(28)33/h10,12,14-16,19,29H,8-9,11H2,1-7H3,(H,27,34)(H,26,30,33)/t14-,15-,16-,19-,39+/m1/s1. The molecule has 5 atom stereocenters. The number of aryl methyl sites for hydroxylation is 1. The molecule has 0 aromatic carbocycles. The predicted octanol–water partition coefficient (Wildman–Crippen LogP) is 2.65. The number of ether oxygens (including phenoxy) is 2. The molecular formula is C23H36Cl2N3O10PS. The Morgan fingerprint density at radius 2 is 1.90 bits per heavy atom. The van der Waals surface area contributed by atoms with Crippen LogP contribution in [0, 0.1) is 12.3 Å². The lowest BCUT2D eigenvalue weighted by Crippen LogP contribution is -2.42. The number of hydrogen-bond donors (Lipinski definition) is 3. The van der Waals surface area contributed by atoms with Crippen LogP contribution in [0.5, 0.6) is 0 Å². The SMILES string of the molecule is Cc1cn([C@@H]2O[C@H](CO[P@](=O)(N[C@H](C)C(=O)OC(C)C)OCCSC(=O)C(C)(C)C)[C@@H](O)C2(Cl)Cl)c(=O)[nH]c1=O. The zero-order valence-electron chi connectivity index (χ0n) is 23.3. The van der Waals surface area contributed by atoms with Crippen LogP contribution in [-0.4, -0.2) is 73.4 Å². The average molecular weight is 648 g/mol. The van der Waals surface area contributed by atoms with Crippen molar-refractivity contribution in [3.8, 4) is 0 Å². The summed E-state index contributed by atoms with van der Waals surface area (Å²) in [6, 6.07) is -1.12. The maximum atomic E-state index is 13.6. The number of aromatic amines is 1. The van der Waals surface area contributed by atoms with Gasteiger partial charge in [0.2, 0.25) is 0 Å². The van der Waals surface area contributed by atoms with Crippen molar-refractivity contribution in [1.82, 2.24) is 14.6 Å². The van der Waals surface area contributed by atoms with Crippen molar-refractivity contribution < 1.29 is 37.8 Å². The maximum absolute atomic E-state index is 13.6. The number of H-pyrrole nitrogens is 1. The zero-order valence-corrected chi connectivity index (χ0v) is 26.5. The number of alkyl halides is 2. The number of esters is 1. The summed E-state index contributed by atoms with van der Waals surface area (Å²) in [6.07, 6.45) is -3.66. The van der Waals surface area contributed by atoms with Crippen LogP contribution in [0.1, 0.15) is 53.3 Å². The molecule has 0 unspecified atom stereocenters. The summed E-state index contributed by atoms with van der Waals surface area (Å²) < 4.78 is 34.3. The first kappa shape index (κ1) is 35.0. The lowest BCUT2D eigenvalue weighted by molar-refractivity contribution is -0.149. The van der Waals surface area contributed by atoms with E-state index in [1.54, 1.807) is 34.6 Å². The minimum atomic E-state index is -4.28. The normalized spacial score (nSPS) is 23.1. The average Bonchev–Trinajstić information content (AvgIpc) is 3.05. The van der Waals surface area contributed by atoms with E-state index in [2.05, 4.69) is 10.1 Å². The fourth-order valence-electron chi connectivity index (χ4n) is 3.28. The third-order valence-corrected chi connectivity index (χ3v) is 9.21. The molecular weight excluding hydrogens is 612 g/mol. The lowest BCUT2D eigenvalue weighted by Gasteiger charge is -2.25. The number of thioether (sulfide) groups is 1. The highest BCUT2D eigenvalue weighted by Crippen LogP contribution is 2.49. The van der Waals surface area contributed by atoms with Crippen LogP contribution in [0.3, 0.4) is 0 Å². The fraction of sp³-hybridized carbons (Fsp3) is 0.739. The van der Waals surface area contributed by atoms with Gasteiger partial charge < -0.3 is 14.6 Å². The molecule has 1 aromatic rings. The second-order valence-corrected chi connectivity index (χ2v) is 14.8. The molecule has 228 valence electrons. The first-order valence-electron chi connectivity index (χ1n) is 12.4. The second kappa shape index (κ2) is 13.8. The summed E-state index contributed by atoms with van der Waals surface area (Å²) in [5.74, 6) is -0.577. The number of aromatic nitrogens is 2. The van der Waals surface area contributed by atoms with Crippen LogP contribution in [-0.2, 0) is 32.7 Å². The summed E-state index contributed by atoms with van der Waals surface area (Å²) in [4.78, 5) is 50.7. The molecule has 0 radical (unpaired) electrons. The molecule has 0 bridgehead atoms. The summed E-state index contributed by atoms with van der Waals surface area (Å²) in [6.45, 7) is 10.6. The Morgan fingerprint density at radius 3 is 2.48 bits per heavy atom. The summed E-state index contributed by atoms with van der Waals surface area (Å²) in [5, 5.41) is 13.1. The predicted molar refractivity (Wildman–Crippen MR) is 151 cm³/mol. The van der Waals surface area contributed by atoms with Crippen molar-refractivity contribution in [3.63, 3.8) is 0 Å². The number of aliphatic hydroxyl groups excluding tert-OH is 1. The van der Waals surface area contributed by atoms with Gasteiger partial charge in [-0.05, 0) is 27.7 Å². The Kier molecular flexibility index (Phi) is 12.1. The number of halogens is 2. The van der Waals surface area contributed by atoms with Gasteiger partial charge in [-0.2, -0.15) is 0 Å². The smallest absolute Gasteiger partial charge is 0.406 e. The van der Waals surface area contributed by atoms with Crippen molar-refractivity contribution in [2.45, 2.75) is 83.4 Å². The van der Waals surface area contributed by atoms with E-state index in [4.69, 9.17) is 41.7 Å². The number of nitrogens with one attached hydrogen (secondary N) is 2.